The van der Waals surface area contributed by atoms with Gasteiger partial charge in [0.25, 0.3) is 0 Å². The van der Waals surface area contributed by atoms with Gasteiger partial charge in [-0.2, -0.15) is 0 Å². The fourth-order valence-corrected chi connectivity index (χ4v) is 2.41. The van der Waals surface area contributed by atoms with Crippen molar-refractivity contribution in [1.82, 2.24) is 0 Å². The largest absolute Gasteiger partial charge is 0.462 e. The molecule has 1 fully saturated rings. The highest BCUT2D eigenvalue weighted by Gasteiger charge is 2.38. The van der Waals surface area contributed by atoms with Crippen molar-refractivity contribution < 1.29 is 24.2 Å². The molecule has 0 spiro atoms. The fraction of sp³-hybridized carbons (Fsp3) is 0.583. The summed E-state index contributed by atoms with van der Waals surface area (Å²) in [4.78, 5) is 11.6. The van der Waals surface area contributed by atoms with Crippen LogP contribution in [0.4, 0.5) is 0 Å². The van der Waals surface area contributed by atoms with Crippen molar-refractivity contribution >= 4 is 5.78 Å². The van der Waals surface area contributed by atoms with Crippen molar-refractivity contribution in [2.45, 2.75) is 37.6 Å². The summed E-state index contributed by atoms with van der Waals surface area (Å²) < 4.78 is 10.8. The molecule has 5 nitrogen and oxygen atoms in total. The quantitative estimate of drug-likeness (QED) is 0.748. The Labute approximate surface area is 98.0 Å². The monoisotopic (exact) mass is 238 g/mol. The highest BCUT2D eigenvalue weighted by molar-refractivity contribution is 5.98. The highest BCUT2D eigenvalue weighted by atomic mass is 16.5. The van der Waals surface area contributed by atoms with E-state index in [1.165, 1.54) is 0 Å². The smallest absolute Gasteiger partial charge is 0.166 e. The van der Waals surface area contributed by atoms with Crippen molar-refractivity contribution in [1.29, 1.82) is 0 Å². The van der Waals surface area contributed by atoms with Crippen LogP contribution in [0.15, 0.2) is 10.5 Å². The van der Waals surface area contributed by atoms with Crippen LogP contribution in [0.1, 0.15) is 40.8 Å². The van der Waals surface area contributed by atoms with Crippen LogP contribution < -0.4 is 0 Å². The number of aliphatic hydroxyl groups excluding tert-OH is 2. The van der Waals surface area contributed by atoms with Gasteiger partial charge in [-0.3, -0.25) is 4.79 Å². The molecule has 92 valence electrons. The van der Waals surface area contributed by atoms with Crippen molar-refractivity contribution in [3.8, 4) is 0 Å². The van der Waals surface area contributed by atoms with Crippen LogP contribution >= 0.6 is 0 Å². The second-order valence-corrected chi connectivity index (χ2v) is 4.57. The number of fused-ring (bicyclic) bond motifs is 1. The molecule has 0 radical (unpaired) electrons. The van der Waals surface area contributed by atoms with E-state index in [9.17, 15) is 15.0 Å². The van der Waals surface area contributed by atoms with Gasteiger partial charge in [0.15, 0.2) is 5.78 Å². The summed E-state index contributed by atoms with van der Waals surface area (Å²) in [6, 6.07) is 1.64. The maximum absolute atomic E-state index is 11.6. The van der Waals surface area contributed by atoms with Crippen LogP contribution in [-0.2, 0) is 11.2 Å². The van der Waals surface area contributed by atoms with E-state index in [1.807, 2.05) is 0 Å². The van der Waals surface area contributed by atoms with E-state index in [2.05, 4.69) is 0 Å². The topological polar surface area (TPSA) is 79.9 Å². The van der Waals surface area contributed by atoms with Crippen LogP contribution in [0, 0.1) is 0 Å². The molecule has 1 aliphatic carbocycles. The number of carbonyl (C=O) groups is 1. The molecule has 17 heavy (non-hydrogen) atoms. The molecule has 2 aliphatic rings. The second-order valence-electron chi connectivity index (χ2n) is 4.57. The molecule has 3 rings (SSSR count). The molecule has 0 unspecified atom stereocenters. The first kappa shape index (κ1) is 11.0. The van der Waals surface area contributed by atoms with Crippen molar-refractivity contribution in [2.75, 3.05) is 6.61 Å². The predicted octanol–water partition coefficient (Wildman–Crippen LogP) is 0.592. The van der Waals surface area contributed by atoms with Crippen LogP contribution in [0.25, 0.3) is 0 Å². The zero-order chi connectivity index (χ0) is 12.0. The normalized spacial score (nSPS) is 32.8. The Morgan fingerprint density at radius 1 is 1.29 bits per heavy atom. The van der Waals surface area contributed by atoms with E-state index in [0.29, 0.717) is 23.5 Å². The Bertz CT molecular complexity index is 450. The summed E-state index contributed by atoms with van der Waals surface area (Å²) in [5, 5.41) is 19.1. The van der Waals surface area contributed by atoms with Crippen molar-refractivity contribution in [2.24, 2.45) is 0 Å². The number of aryl methyl sites for hydroxylation is 1. The average Bonchev–Trinajstić information content (AvgIpc) is 2.85. The molecule has 1 aliphatic heterocycles. The van der Waals surface area contributed by atoms with Gasteiger partial charge in [0.05, 0.1) is 12.2 Å². The number of carbonyl (C=O) groups excluding carboxylic acids is 1. The molecule has 0 amide bonds. The number of furan rings is 1. The predicted molar refractivity (Wildman–Crippen MR) is 56.7 cm³/mol. The number of hydrogen-bond acceptors (Lipinski definition) is 5. The lowest BCUT2D eigenvalue weighted by Crippen LogP contribution is -2.24. The lowest BCUT2D eigenvalue weighted by molar-refractivity contribution is 0.0115. The molecule has 5 heteroatoms. The summed E-state index contributed by atoms with van der Waals surface area (Å²) in [6.45, 7) is 0.0884. The minimum atomic E-state index is -0.988. The van der Waals surface area contributed by atoms with Crippen LogP contribution in [0.3, 0.4) is 0 Å². The first-order valence-corrected chi connectivity index (χ1v) is 5.80. The van der Waals surface area contributed by atoms with E-state index in [0.717, 1.165) is 12.8 Å². The van der Waals surface area contributed by atoms with Crippen molar-refractivity contribution in [3.05, 3.63) is 23.2 Å². The van der Waals surface area contributed by atoms with Crippen molar-refractivity contribution in [3.63, 3.8) is 0 Å². The van der Waals surface area contributed by atoms with Gasteiger partial charge in [-0.15, -0.1) is 0 Å². The Hall–Kier alpha value is -1.17. The second kappa shape index (κ2) is 3.94. The van der Waals surface area contributed by atoms with Gasteiger partial charge in [-0.1, -0.05) is 0 Å². The number of ketones is 1. The Morgan fingerprint density at radius 3 is 2.76 bits per heavy atom. The maximum atomic E-state index is 11.6. The first-order chi connectivity index (χ1) is 8.16. The number of rotatable bonds is 1. The van der Waals surface area contributed by atoms with E-state index in [1.54, 1.807) is 6.07 Å². The third-order valence-electron chi connectivity index (χ3n) is 3.37. The number of aliphatic hydroxyl groups is 2. The maximum Gasteiger partial charge on any atom is 0.166 e. The van der Waals surface area contributed by atoms with E-state index in [-0.39, 0.29) is 12.4 Å². The zero-order valence-corrected chi connectivity index (χ0v) is 9.26. The van der Waals surface area contributed by atoms with E-state index < -0.39 is 18.3 Å². The minimum Gasteiger partial charge on any atom is -0.462 e. The molecular weight excluding hydrogens is 224 g/mol. The molecule has 3 atom stereocenters. The Morgan fingerprint density at radius 2 is 2.12 bits per heavy atom. The summed E-state index contributed by atoms with van der Waals surface area (Å²) in [6.07, 6.45) is -0.455. The summed E-state index contributed by atoms with van der Waals surface area (Å²) >= 11 is 0. The molecule has 2 N–H and O–H groups in total. The van der Waals surface area contributed by atoms with Gasteiger partial charge >= 0.3 is 0 Å². The standard InChI is InChI=1S/C12H14O5/c13-7-2-1-3-9-6(7)4-10(17-9)12-11(15)8(14)5-16-12/h4,8,11-12,14-15H,1-3,5H2/t8-,11-,12+/m1/s1. The van der Waals surface area contributed by atoms with Gasteiger partial charge in [0.1, 0.15) is 29.8 Å². The third kappa shape index (κ3) is 1.71. The Kier molecular flexibility index (Phi) is 2.54. The lowest BCUT2D eigenvalue weighted by Gasteiger charge is -2.11. The van der Waals surface area contributed by atoms with Gasteiger partial charge in [-0.05, 0) is 12.5 Å². The molecule has 0 saturated carbocycles. The molecule has 1 aromatic rings. The number of Topliss-reactive ketones (excluding diaryl/α,β-unsaturated/α-hetero) is 1. The minimum absolute atomic E-state index is 0.0780. The Balaban J connectivity index is 1.92. The van der Waals surface area contributed by atoms with Gasteiger partial charge in [-0.25, -0.2) is 0 Å². The van der Waals surface area contributed by atoms with Crippen LogP contribution in [0.5, 0.6) is 0 Å². The molecular formula is C12H14O5. The average molecular weight is 238 g/mol. The molecule has 1 saturated heterocycles. The van der Waals surface area contributed by atoms with Crippen LogP contribution in [0.2, 0.25) is 0 Å². The first-order valence-electron chi connectivity index (χ1n) is 5.80. The van der Waals surface area contributed by atoms with E-state index in [4.69, 9.17) is 9.15 Å². The SMILES string of the molecule is O=C1CCCc2oc([C@@H]3OC[C@@H](O)[C@H]3O)cc21. The number of hydrogen-bond donors (Lipinski definition) is 2. The van der Waals surface area contributed by atoms with Gasteiger partial charge in [0.2, 0.25) is 0 Å². The third-order valence-corrected chi connectivity index (χ3v) is 3.37. The lowest BCUT2D eigenvalue weighted by atomic mass is 9.97. The van der Waals surface area contributed by atoms with Gasteiger partial charge in [0, 0.05) is 12.8 Å². The molecule has 0 bridgehead atoms. The summed E-state index contributed by atoms with van der Waals surface area (Å²) in [5.41, 5.74) is 0.600. The molecule has 2 heterocycles. The van der Waals surface area contributed by atoms with Gasteiger partial charge < -0.3 is 19.4 Å². The summed E-state index contributed by atoms with van der Waals surface area (Å²) in [7, 11) is 0. The zero-order valence-electron chi connectivity index (χ0n) is 9.26. The highest BCUT2D eigenvalue weighted by Crippen LogP contribution is 2.34. The summed E-state index contributed by atoms with van der Waals surface area (Å²) in [5.74, 6) is 1.19. The number of ether oxygens (including phenoxy) is 1. The van der Waals surface area contributed by atoms with Crippen LogP contribution in [-0.4, -0.2) is 34.8 Å². The molecule has 0 aromatic carbocycles. The fourth-order valence-electron chi connectivity index (χ4n) is 2.41. The van der Waals surface area contributed by atoms with E-state index >= 15 is 0 Å². The molecule has 1 aromatic heterocycles.